The summed E-state index contributed by atoms with van der Waals surface area (Å²) >= 11 is 0. The van der Waals surface area contributed by atoms with Gasteiger partial charge in [-0.15, -0.1) is 22.6 Å². The number of unbranched alkanes of at least 4 members (excludes halogenated alkanes) is 9. The molecule has 0 radical (unpaired) electrons. The van der Waals surface area contributed by atoms with Crippen molar-refractivity contribution in [3.05, 3.63) is 23.8 Å². The summed E-state index contributed by atoms with van der Waals surface area (Å²) in [5, 5.41) is 149. The van der Waals surface area contributed by atoms with Crippen molar-refractivity contribution >= 4 is 12.4 Å². The van der Waals surface area contributed by atoms with Crippen molar-refractivity contribution < 1.29 is 128 Å². The molecule has 6 saturated heterocycles. The Kier molecular flexibility index (Phi) is 34.5. The fourth-order valence-corrected chi connectivity index (χ4v) is 15.0. The van der Waals surface area contributed by atoms with Crippen molar-refractivity contribution in [2.24, 2.45) is 68.8 Å². The van der Waals surface area contributed by atoms with Gasteiger partial charge in [0.15, 0.2) is 37.7 Å². The molecule has 2 saturated carbocycles. The summed E-state index contributed by atoms with van der Waals surface area (Å²) in [6.07, 6.45) is -27.7. The number of hydrogen-bond acceptors (Lipinski definition) is 42. The fourth-order valence-electron chi connectivity index (χ4n) is 15.0. The number of ether oxygens (including phenoxy) is 14. The van der Waals surface area contributed by atoms with Crippen molar-refractivity contribution in [1.82, 2.24) is 30.0 Å². The first kappa shape index (κ1) is 90.0. The van der Waals surface area contributed by atoms with Gasteiger partial charge in [0.05, 0.1) is 75.1 Å². The van der Waals surface area contributed by atoms with E-state index >= 15 is 0 Å². The molecule has 8 aliphatic rings. The number of aliphatic hydroxyl groups excluding tert-OH is 12. The van der Waals surface area contributed by atoms with E-state index in [0.717, 1.165) is 64.2 Å². The average Bonchev–Trinajstić information content (AvgIpc) is 1.74. The molecule has 44 nitrogen and oxygen atoms in total. The van der Waals surface area contributed by atoms with Crippen LogP contribution in [0.3, 0.4) is 0 Å². The lowest BCUT2D eigenvalue weighted by molar-refractivity contribution is -0.306. The van der Waals surface area contributed by atoms with Gasteiger partial charge in [-0.25, -0.2) is 9.36 Å². The zero-order valence-corrected chi connectivity index (χ0v) is 61.6. The maximum absolute atomic E-state index is 11.9. The number of nitrogens with zero attached hydrogens (tertiary/aromatic N) is 6. The molecule has 109 heavy (non-hydrogen) atoms. The van der Waals surface area contributed by atoms with E-state index in [2.05, 4.69) is 20.6 Å². The second kappa shape index (κ2) is 41.7. The van der Waals surface area contributed by atoms with Crippen LogP contribution in [-0.4, -0.2) is 363 Å². The minimum absolute atomic E-state index is 0. The van der Waals surface area contributed by atoms with E-state index in [1.54, 1.807) is 12.4 Å². The summed E-state index contributed by atoms with van der Waals surface area (Å²) in [7, 11) is 0. The van der Waals surface area contributed by atoms with Crippen LogP contribution in [0.25, 0.3) is 0 Å². The lowest BCUT2D eigenvalue weighted by Crippen LogP contribution is -2.68. The lowest BCUT2D eigenvalue weighted by atomic mass is 9.84. The van der Waals surface area contributed by atoms with Gasteiger partial charge < -0.3 is 196 Å². The molecular formula is C64H121ClN18O26. The Bertz CT molecular complexity index is 2780. The Morgan fingerprint density at radius 2 is 0.587 bits per heavy atom. The average molecular weight is 1590 g/mol. The molecule has 45 heteroatoms. The third-order valence-electron chi connectivity index (χ3n) is 21.6. The highest BCUT2D eigenvalue weighted by atomic mass is 35.5. The Hall–Kier alpha value is -2.95. The Labute approximate surface area is 635 Å². The van der Waals surface area contributed by atoms with Crippen molar-refractivity contribution in [2.75, 3.05) is 39.4 Å². The molecular weight excluding hydrogens is 1470 g/mol. The van der Waals surface area contributed by atoms with Gasteiger partial charge >= 0.3 is 0 Å². The van der Waals surface area contributed by atoms with E-state index in [0.29, 0.717) is 24.6 Å². The van der Waals surface area contributed by atoms with Gasteiger partial charge in [-0.3, -0.25) is 0 Å². The number of rotatable bonds is 37. The van der Waals surface area contributed by atoms with Crippen LogP contribution in [0.15, 0.2) is 12.4 Å². The van der Waals surface area contributed by atoms with Crippen LogP contribution in [0.1, 0.15) is 88.4 Å². The zero-order valence-electron chi connectivity index (χ0n) is 60.8. The third kappa shape index (κ3) is 21.8. The first-order chi connectivity index (χ1) is 51.7. The number of halogens is 1. The summed E-state index contributed by atoms with van der Waals surface area (Å²) < 4.78 is 88.3. The number of nitrogens with two attached hydrogens (primary N) is 12. The van der Waals surface area contributed by atoms with Crippen molar-refractivity contribution in [3.8, 4) is 0 Å². The molecule has 0 bridgehead atoms. The minimum Gasteiger partial charge on any atom is -0.389 e. The molecule has 2 aliphatic carbocycles. The van der Waals surface area contributed by atoms with Gasteiger partial charge in [0.25, 0.3) is 0 Å². The smallest absolute Gasteiger partial charge is 0.187 e. The molecule has 10 rings (SSSR count). The van der Waals surface area contributed by atoms with Crippen LogP contribution in [0.4, 0.5) is 0 Å². The maximum atomic E-state index is 11.9. The van der Waals surface area contributed by atoms with Gasteiger partial charge in [0.1, 0.15) is 146 Å². The molecule has 2 aromatic rings. The summed E-state index contributed by atoms with van der Waals surface area (Å²) in [6.45, 7) is 0.287. The normalized spacial score (nSPS) is 44.3. The molecule has 8 heterocycles. The van der Waals surface area contributed by atoms with Gasteiger partial charge in [-0.05, 0) is 25.7 Å². The van der Waals surface area contributed by atoms with Gasteiger partial charge in [0.2, 0.25) is 0 Å². The molecule has 2 aromatic heterocycles. The van der Waals surface area contributed by atoms with E-state index in [1.807, 2.05) is 0 Å². The molecule has 0 aromatic carbocycles. The molecule has 0 amide bonds. The van der Waals surface area contributed by atoms with Crippen LogP contribution < -0.4 is 68.8 Å². The maximum Gasteiger partial charge on any atom is 0.187 e. The van der Waals surface area contributed by atoms with E-state index in [1.165, 1.54) is 9.36 Å². The SMILES string of the molecule is Cl.NC[C@@H]1O[C@H](O[C@H]2[C@@H](O)[C@H](O[C@@H]3[C@@H](O)[C@H](N)C[C@H](N)[C@H]3O[C@H]3O[C@H](CN)[C@@H](O)[C@H](O)[C@H]3N)O[C@@H]2Cn2cc(COCCCCCCCCCCCCOCc3cn(C[C@H]4O[C@@H](O[C@@H]5[C@@H](O)[C@H](N)C[C@H](N)[C@H]5O[C@H]5O[C@H](CN)[C@@H](O)[C@H](O)[C@H]5N)[C@H](O)[C@@H]4O[C@H]4O[C@@H](CN)[C@@H](O)[C@H](O)[C@H]4N)nn3)nn2)[C@H](N)[C@@H](O)[C@@H]1O. The molecule has 36 N–H and O–H groups in total. The standard InChI is InChI=1S/C64H120N18O26.ClH/c65-15-31-43(85)47(89)37(73)59(97-31)103-53-29(71)13-27(69)41(83)57(53)107-63-51(93)55(105-61-39(75)49(91)45(87)33(17-67)99-61)35(101-63)21-81-19-25(77-79-81)23-95-11-9-7-5-3-1-2-4-6-8-10-12-96-24-26-20-82(80-78-26)22-36-56(106-62-40(76)50(92)46(88)34(18-68)100-62)52(94)64(102-36)108-58-42(84)28(70)14-30(72)54(58)104-60-38(74)48(90)44(86)32(16-66)98-60;/h19-20,27-64,83-94H,1-18,21-24,65-76H2;1H/t27-,28-,29+,30+,31-,32-,33+,34+,35-,36-,37-,38-,39-,40-,41+,42+,43-,44-,45-,46-,47-,48-,49-,50-,51-,52-,53-,54-,55-,56-,57-,58-,59-,60-,61-,62-,63+,64+;/m1./s1. The van der Waals surface area contributed by atoms with Crippen molar-refractivity contribution in [1.29, 1.82) is 0 Å². The van der Waals surface area contributed by atoms with Crippen LogP contribution in [-0.2, 0) is 92.6 Å². The predicted molar refractivity (Wildman–Crippen MR) is 375 cm³/mol. The van der Waals surface area contributed by atoms with Gasteiger partial charge in [-0.2, -0.15) is 0 Å². The zero-order chi connectivity index (χ0) is 77.9. The third-order valence-corrected chi connectivity index (χ3v) is 21.6. The summed E-state index contributed by atoms with van der Waals surface area (Å²) in [4.78, 5) is 0. The summed E-state index contributed by atoms with van der Waals surface area (Å²) in [6, 6.07) is -8.83. The summed E-state index contributed by atoms with van der Waals surface area (Å²) in [5.41, 5.74) is 75.0. The molecule has 630 valence electrons. The molecule has 0 spiro atoms. The molecule has 6 aliphatic heterocycles. The molecule has 38 atom stereocenters. The number of aromatic nitrogens is 6. The number of hydrogen-bond donors (Lipinski definition) is 24. The van der Waals surface area contributed by atoms with Gasteiger partial charge in [0, 0.05) is 63.6 Å². The van der Waals surface area contributed by atoms with E-state index in [-0.39, 0.29) is 77.7 Å². The highest BCUT2D eigenvalue weighted by molar-refractivity contribution is 5.85. The van der Waals surface area contributed by atoms with E-state index in [4.69, 9.17) is 135 Å². The van der Waals surface area contributed by atoms with Crippen molar-refractivity contribution in [3.63, 3.8) is 0 Å². The minimum atomic E-state index is -1.65. The topological polar surface area (TPSA) is 746 Å². The number of aliphatic hydroxyl groups is 12. The Morgan fingerprint density at radius 1 is 0.321 bits per heavy atom. The van der Waals surface area contributed by atoms with Crippen LogP contribution in [0, 0.1) is 0 Å². The van der Waals surface area contributed by atoms with E-state index in [9.17, 15) is 61.3 Å². The van der Waals surface area contributed by atoms with E-state index < -0.39 is 233 Å². The van der Waals surface area contributed by atoms with Gasteiger partial charge in [-0.1, -0.05) is 61.8 Å². The quantitative estimate of drug-likeness (QED) is 0.0279. The largest absolute Gasteiger partial charge is 0.389 e. The predicted octanol–water partition coefficient (Wildman–Crippen LogP) is -12.8. The summed E-state index contributed by atoms with van der Waals surface area (Å²) in [5.74, 6) is 0. The highest BCUT2D eigenvalue weighted by Crippen LogP contribution is 2.38. The van der Waals surface area contributed by atoms with Crippen LogP contribution in [0.5, 0.6) is 0 Å². The molecule has 8 fully saturated rings. The first-order valence-corrected chi connectivity index (χ1v) is 37.5. The first-order valence-electron chi connectivity index (χ1n) is 37.5. The highest BCUT2D eigenvalue weighted by Gasteiger charge is 2.58. The fraction of sp³-hybridized carbons (Fsp3) is 0.938. The monoisotopic (exact) mass is 1590 g/mol. The van der Waals surface area contributed by atoms with Crippen LogP contribution >= 0.6 is 12.4 Å². The molecule has 0 unspecified atom stereocenters. The van der Waals surface area contributed by atoms with Crippen LogP contribution in [0.2, 0.25) is 0 Å². The second-order valence-corrected chi connectivity index (χ2v) is 29.6. The lowest BCUT2D eigenvalue weighted by Gasteiger charge is -2.47. The second-order valence-electron chi connectivity index (χ2n) is 29.6. The van der Waals surface area contributed by atoms with Crippen molar-refractivity contribution in [2.45, 2.75) is 336 Å². The Balaban J connectivity index is 0.0000137. The Morgan fingerprint density at radius 3 is 0.881 bits per heavy atom.